The molecule has 0 aliphatic carbocycles. The highest BCUT2D eigenvalue weighted by molar-refractivity contribution is 7.80. The fraction of sp³-hybridized carbons (Fsp3) is 0.100. The Bertz CT molecular complexity index is 402. The third-order valence-corrected chi connectivity index (χ3v) is 1.94. The van der Waals surface area contributed by atoms with Gasteiger partial charge < -0.3 is 5.32 Å². The molecule has 1 aromatic carbocycles. The average Bonchev–Trinajstić information content (AvgIpc) is 2.29. The number of thiocarbonyl (C=S) groups is 1. The van der Waals surface area contributed by atoms with Crippen molar-refractivity contribution in [3.8, 4) is 6.07 Å². The quantitative estimate of drug-likeness (QED) is 0.441. The summed E-state index contributed by atoms with van der Waals surface area (Å²) in [6.07, 6.45) is 1.63. The molecular formula is C10H10N4S. The second-order valence-electron chi connectivity index (χ2n) is 2.68. The van der Waals surface area contributed by atoms with E-state index in [4.69, 9.17) is 17.5 Å². The van der Waals surface area contributed by atoms with Crippen molar-refractivity contribution in [2.75, 3.05) is 7.05 Å². The summed E-state index contributed by atoms with van der Waals surface area (Å²) < 4.78 is 0. The first-order chi connectivity index (χ1) is 7.26. The van der Waals surface area contributed by atoms with Crippen LogP contribution >= 0.6 is 12.2 Å². The van der Waals surface area contributed by atoms with Crippen LogP contribution in [0.2, 0.25) is 0 Å². The van der Waals surface area contributed by atoms with Gasteiger partial charge in [-0.15, -0.1) is 0 Å². The van der Waals surface area contributed by atoms with Gasteiger partial charge in [0.2, 0.25) is 0 Å². The van der Waals surface area contributed by atoms with E-state index in [-0.39, 0.29) is 0 Å². The Morgan fingerprint density at radius 2 is 2.13 bits per heavy atom. The van der Waals surface area contributed by atoms with Gasteiger partial charge >= 0.3 is 0 Å². The van der Waals surface area contributed by atoms with Crippen molar-refractivity contribution >= 4 is 23.5 Å². The molecule has 76 valence electrons. The summed E-state index contributed by atoms with van der Waals surface area (Å²) in [5, 5.41) is 15.7. The number of hydrazone groups is 1. The lowest BCUT2D eigenvalue weighted by Crippen LogP contribution is -2.28. The van der Waals surface area contributed by atoms with Gasteiger partial charge in [0.25, 0.3) is 0 Å². The number of hydrogen-bond acceptors (Lipinski definition) is 3. The highest BCUT2D eigenvalue weighted by Crippen LogP contribution is 2.00. The molecule has 2 N–H and O–H groups in total. The van der Waals surface area contributed by atoms with Crippen LogP contribution < -0.4 is 10.7 Å². The fourth-order valence-electron chi connectivity index (χ4n) is 0.865. The number of nitrogens with one attached hydrogen (secondary N) is 2. The van der Waals surface area contributed by atoms with Crippen LogP contribution in [0, 0.1) is 11.3 Å². The van der Waals surface area contributed by atoms with E-state index in [2.05, 4.69) is 15.8 Å². The topological polar surface area (TPSA) is 60.2 Å². The first-order valence-electron chi connectivity index (χ1n) is 4.27. The van der Waals surface area contributed by atoms with E-state index in [0.29, 0.717) is 10.7 Å². The number of hydrogen-bond donors (Lipinski definition) is 2. The average molecular weight is 218 g/mol. The van der Waals surface area contributed by atoms with Gasteiger partial charge in [-0.25, -0.2) is 0 Å². The van der Waals surface area contributed by atoms with Crippen LogP contribution in [0.1, 0.15) is 11.1 Å². The van der Waals surface area contributed by atoms with Gasteiger partial charge in [-0.2, -0.15) is 10.4 Å². The van der Waals surface area contributed by atoms with E-state index >= 15 is 0 Å². The first kappa shape index (κ1) is 11.1. The number of rotatable bonds is 2. The Labute approximate surface area is 93.6 Å². The molecule has 0 fully saturated rings. The van der Waals surface area contributed by atoms with Gasteiger partial charge in [-0.3, -0.25) is 5.43 Å². The molecular weight excluding hydrogens is 208 g/mol. The van der Waals surface area contributed by atoms with Gasteiger partial charge in [0, 0.05) is 7.05 Å². The van der Waals surface area contributed by atoms with Gasteiger partial charge in [0.05, 0.1) is 17.8 Å². The van der Waals surface area contributed by atoms with Crippen LogP contribution in [-0.2, 0) is 0 Å². The maximum absolute atomic E-state index is 8.59. The molecule has 0 saturated carbocycles. The summed E-state index contributed by atoms with van der Waals surface area (Å²) in [6, 6.07) is 9.14. The second-order valence-corrected chi connectivity index (χ2v) is 3.09. The second kappa shape index (κ2) is 5.73. The van der Waals surface area contributed by atoms with E-state index in [0.717, 1.165) is 5.56 Å². The Hall–Kier alpha value is -1.93. The van der Waals surface area contributed by atoms with Gasteiger partial charge in [0.1, 0.15) is 0 Å². The van der Waals surface area contributed by atoms with Crippen LogP contribution in [0.15, 0.2) is 29.4 Å². The normalized spacial score (nSPS) is 9.60. The monoisotopic (exact) mass is 218 g/mol. The molecule has 0 aliphatic heterocycles. The molecule has 1 rings (SSSR count). The molecule has 0 aromatic heterocycles. The number of benzene rings is 1. The molecule has 0 amide bonds. The van der Waals surface area contributed by atoms with Gasteiger partial charge in [-0.05, 0) is 29.9 Å². The molecule has 0 radical (unpaired) electrons. The van der Waals surface area contributed by atoms with Crippen molar-refractivity contribution in [1.82, 2.24) is 10.7 Å². The highest BCUT2D eigenvalue weighted by Gasteiger charge is 1.90. The lowest BCUT2D eigenvalue weighted by atomic mass is 10.2. The predicted octanol–water partition coefficient (Wildman–Crippen LogP) is 0.986. The highest BCUT2D eigenvalue weighted by atomic mass is 32.1. The van der Waals surface area contributed by atoms with E-state index < -0.39 is 0 Å². The molecule has 0 heterocycles. The van der Waals surface area contributed by atoms with Gasteiger partial charge in [-0.1, -0.05) is 12.1 Å². The Morgan fingerprint density at radius 1 is 1.47 bits per heavy atom. The van der Waals surface area contributed by atoms with Gasteiger partial charge in [0.15, 0.2) is 5.11 Å². The zero-order valence-electron chi connectivity index (χ0n) is 8.19. The zero-order chi connectivity index (χ0) is 11.1. The number of nitrogens with zero attached hydrogens (tertiary/aromatic N) is 2. The maximum Gasteiger partial charge on any atom is 0.186 e. The molecule has 0 unspecified atom stereocenters. The molecule has 5 heteroatoms. The minimum Gasteiger partial charge on any atom is -0.364 e. The van der Waals surface area contributed by atoms with Crippen LogP contribution in [0.4, 0.5) is 0 Å². The third-order valence-electron chi connectivity index (χ3n) is 1.65. The molecule has 0 aliphatic rings. The van der Waals surface area contributed by atoms with E-state index in [1.165, 1.54) is 0 Å². The van der Waals surface area contributed by atoms with E-state index in [1.54, 1.807) is 25.4 Å². The molecule has 0 saturated heterocycles. The van der Waals surface area contributed by atoms with Crippen molar-refractivity contribution in [2.45, 2.75) is 0 Å². The van der Waals surface area contributed by atoms with Crippen LogP contribution in [-0.4, -0.2) is 18.4 Å². The lowest BCUT2D eigenvalue weighted by Gasteiger charge is -1.99. The summed E-state index contributed by atoms with van der Waals surface area (Å²) in [6.45, 7) is 0. The maximum atomic E-state index is 8.59. The SMILES string of the molecule is CNC(=S)N/N=C/c1ccc(C#N)cc1. The van der Waals surface area contributed by atoms with Crippen molar-refractivity contribution in [2.24, 2.45) is 5.10 Å². The molecule has 0 spiro atoms. The molecule has 4 nitrogen and oxygen atoms in total. The third kappa shape index (κ3) is 3.75. The zero-order valence-corrected chi connectivity index (χ0v) is 9.01. The van der Waals surface area contributed by atoms with Crippen LogP contribution in [0.3, 0.4) is 0 Å². The Kier molecular flexibility index (Phi) is 4.26. The molecule has 0 atom stereocenters. The van der Waals surface area contributed by atoms with Crippen LogP contribution in [0.25, 0.3) is 0 Å². The van der Waals surface area contributed by atoms with Crippen LogP contribution in [0.5, 0.6) is 0 Å². The standard InChI is InChI=1S/C10H10N4S/c1-12-10(15)14-13-7-9-4-2-8(6-11)3-5-9/h2-5,7H,1H3,(H2,12,14,15)/b13-7+. The van der Waals surface area contributed by atoms with E-state index in [1.807, 2.05) is 18.2 Å². The largest absolute Gasteiger partial charge is 0.364 e. The van der Waals surface area contributed by atoms with Crippen molar-refractivity contribution < 1.29 is 0 Å². The summed E-state index contributed by atoms with van der Waals surface area (Å²) in [5.74, 6) is 0. The summed E-state index contributed by atoms with van der Waals surface area (Å²) in [7, 11) is 1.71. The lowest BCUT2D eigenvalue weighted by molar-refractivity contribution is 0.982. The van der Waals surface area contributed by atoms with Crippen molar-refractivity contribution in [3.05, 3.63) is 35.4 Å². The summed E-state index contributed by atoms with van der Waals surface area (Å²) in [4.78, 5) is 0. The van der Waals surface area contributed by atoms with Crippen molar-refractivity contribution in [3.63, 3.8) is 0 Å². The van der Waals surface area contributed by atoms with E-state index in [9.17, 15) is 0 Å². The Balaban J connectivity index is 2.58. The predicted molar refractivity (Wildman–Crippen MR) is 63.5 cm³/mol. The fourth-order valence-corrected chi connectivity index (χ4v) is 0.918. The molecule has 1 aromatic rings. The minimum absolute atomic E-state index is 0.458. The first-order valence-corrected chi connectivity index (χ1v) is 4.68. The summed E-state index contributed by atoms with van der Waals surface area (Å²) >= 11 is 4.83. The minimum atomic E-state index is 0.458. The molecule has 0 bridgehead atoms. The van der Waals surface area contributed by atoms with Crippen molar-refractivity contribution in [1.29, 1.82) is 5.26 Å². The summed E-state index contributed by atoms with van der Waals surface area (Å²) in [5.41, 5.74) is 4.17. The number of nitriles is 1. The smallest absolute Gasteiger partial charge is 0.186 e. The molecule has 15 heavy (non-hydrogen) atoms. The Morgan fingerprint density at radius 3 is 2.67 bits per heavy atom.